The Morgan fingerprint density at radius 2 is 1.90 bits per heavy atom. The zero-order valence-electron chi connectivity index (χ0n) is 11.3. The van der Waals surface area contributed by atoms with Crippen molar-refractivity contribution in [2.24, 2.45) is 0 Å². The molecule has 1 aromatic carbocycles. The molecule has 0 atom stereocenters. The van der Waals surface area contributed by atoms with Crippen molar-refractivity contribution in [1.82, 2.24) is 14.9 Å². The van der Waals surface area contributed by atoms with Crippen molar-refractivity contribution in [1.29, 1.82) is 0 Å². The first-order chi connectivity index (χ1) is 10.3. The molecule has 1 aliphatic heterocycles. The van der Waals surface area contributed by atoms with E-state index in [2.05, 4.69) is 27.4 Å². The Morgan fingerprint density at radius 1 is 1.14 bits per heavy atom. The van der Waals surface area contributed by atoms with Gasteiger partial charge in [-0.05, 0) is 23.3 Å². The molecule has 5 heteroatoms. The fourth-order valence-corrected chi connectivity index (χ4v) is 2.73. The number of benzene rings is 1. The summed E-state index contributed by atoms with van der Waals surface area (Å²) in [5.41, 5.74) is 3.97. The van der Waals surface area contributed by atoms with Gasteiger partial charge in [0.1, 0.15) is 5.65 Å². The van der Waals surface area contributed by atoms with E-state index in [0.29, 0.717) is 13.1 Å². The highest BCUT2D eigenvalue weighted by atomic mass is 16.2. The summed E-state index contributed by atoms with van der Waals surface area (Å²) in [6.07, 6.45) is 3.50. The maximum absolute atomic E-state index is 12.4. The van der Waals surface area contributed by atoms with Crippen LogP contribution in [-0.4, -0.2) is 20.9 Å². The minimum Gasteiger partial charge on any atom is -0.344 e. The molecule has 0 fully saturated rings. The van der Waals surface area contributed by atoms with Crippen LogP contribution in [0.2, 0.25) is 0 Å². The number of amides is 2. The third-order valence-electron chi connectivity index (χ3n) is 3.82. The number of nitrogens with one attached hydrogen (secondary N) is 2. The number of hydrogen-bond donors (Lipinski definition) is 2. The van der Waals surface area contributed by atoms with E-state index in [0.717, 1.165) is 16.7 Å². The molecule has 2 N–H and O–H groups in total. The number of aromatic amines is 1. The first-order valence-electron chi connectivity index (χ1n) is 6.86. The number of fused-ring (bicyclic) bond motifs is 2. The molecule has 3 heterocycles. The Kier molecular flexibility index (Phi) is 2.64. The van der Waals surface area contributed by atoms with Crippen molar-refractivity contribution >= 4 is 22.8 Å². The molecule has 0 bridgehead atoms. The third kappa shape index (κ3) is 2.03. The normalized spacial score (nSPS) is 13.4. The smallest absolute Gasteiger partial charge is 0.322 e. The molecule has 4 rings (SSSR count). The minimum absolute atomic E-state index is 0.0871. The second-order valence-corrected chi connectivity index (χ2v) is 5.16. The highest BCUT2D eigenvalue weighted by molar-refractivity contribution is 5.99. The molecular weight excluding hydrogens is 264 g/mol. The van der Waals surface area contributed by atoms with E-state index in [4.69, 9.17) is 0 Å². The third-order valence-corrected chi connectivity index (χ3v) is 3.82. The molecule has 0 spiro atoms. The van der Waals surface area contributed by atoms with E-state index >= 15 is 0 Å². The number of carbonyl (C=O) groups is 1. The second-order valence-electron chi connectivity index (χ2n) is 5.16. The van der Waals surface area contributed by atoms with E-state index < -0.39 is 0 Å². The van der Waals surface area contributed by atoms with Gasteiger partial charge in [0.15, 0.2) is 0 Å². The minimum atomic E-state index is -0.0871. The summed E-state index contributed by atoms with van der Waals surface area (Å²) in [6, 6.07) is 11.9. The van der Waals surface area contributed by atoms with Gasteiger partial charge in [-0.1, -0.05) is 24.3 Å². The van der Waals surface area contributed by atoms with Crippen LogP contribution in [0.3, 0.4) is 0 Å². The Labute approximate surface area is 121 Å². The summed E-state index contributed by atoms with van der Waals surface area (Å²) in [5.74, 6) is 0. The number of rotatable bonds is 1. The van der Waals surface area contributed by atoms with Gasteiger partial charge in [0.25, 0.3) is 0 Å². The largest absolute Gasteiger partial charge is 0.344 e. The van der Waals surface area contributed by atoms with Gasteiger partial charge in [-0.3, -0.25) is 0 Å². The van der Waals surface area contributed by atoms with Crippen molar-refractivity contribution in [3.63, 3.8) is 0 Å². The lowest BCUT2D eigenvalue weighted by Gasteiger charge is -2.15. The molecule has 0 radical (unpaired) electrons. The number of urea groups is 1. The average Bonchev–Trinajstić information content (AvgIpc) is 3.11. The number of hydrogen-bond acceptors (Lipinski definition) is 2. The molecule has 0 unspecified atom stereocenters. The molecule has 0 saturated heterocycles. The van der Waals surface area contributed by atoms with Crippen LogP contribution in [0.15, 0.2) is 48.8 Å². The number of nitrogens with zero attached hydrogens (tertiary/aromatic N) is 2. The topological polar surface area (TPSA) is 61.0 Å². The Bertz CT molecular complexity index is 799. The van der Waals surface area contributed by atoms with Crippen LogP contribution in [0.4, 0.5) is 10.5 Å². The van der Waals surface area contributed by atoms with Gasteiger partial charge >= 0.3 is 6.03 Å². The first-order valence-corrected chi connectivity index (χ1v) is 6.86. The van der Waals surface area contributed by atoms with E-state index in [1.807, 2.05) is 24.3 Å². The fraction of sp³-hybridized carbons (Fsp3) is 0.125. The van der Waals surface area contributed by atoms with E-state index in [-0.39, 0.29) is 6.03 Å². The lowest BCUT2D eigenvalue weighted by Crippen LogP contribution is -2.30. The van der Waals surface area contributed by atoms with E-state index in [9.17, 15) is 4.79 Å². The molecule has 2 amide bonds. The molecule has 1 aliphatic rings. The number of anilines is 1. The highest BCUT2D eigenvalue weighted by Gasteiger charge is 2.23. The molecule has 2 aromatic heterocycles. The Morgan fingerprint density at radius 3 is 2.67 bits per heavy atom. The maximum Gasteiger partial charge on any atom is 0.322 e. The van der Waals surface area contributed by atoms with Crippen LogP contribution in [0, 0.1) is 0 Å². The Hall–Kier alpha value is -2.82. The number of H-pyrrole nitrogens is 1. The standard InChI is InChI=1S/C16H14N4O/c21-16(20-9-11-4-1-2-5-12(11)10-20)19-14-8-18-15-13(14)6-3-7-17-15/h1-8H,9-10H2,(H,17,18)(H,19,21). The Balaban J connectivity index is 1.55. The van der Waals surface area contributed by atoms with Gasteiger partial charge in [0.2, 0.25) is 0 Å². The predicted octanol–water partition coefficient (Wildman–Crippen LogP) is 3.11. The van der Waals surface area contributed by atoms with Crippen molar-refractivity contribution in [2.45, 2.75) is 13.1 Å². The molecule has 0 aliphatic carbocycles. The molecule has 0 saturated carbocycles. The van der Waals surface area contributed by atoms with Crippen LogP contribution in [0.1, 0.15) is 11.1 Å². The van der Waals surface area contributed by atoms with Gasteiger partial charge < -0.3 is 15.2 Å². The predicted molar refractivity (Wildman–Crippen MR) is 80.8 cm³/mol. The zero-order valence-corrected chi connectivity index (χ0v) is 11.3. The first kappa shape index (κ1) is 12.0. The summed E-state index contributed by atoms with van der Waals surface area (Å²) >= 11 is 0. The molecule has 21 heavy (non-hydrogen) atoms. The van der Waals surface area contributed by atoms with Gasteiger partial charge in [0, 0.05) is 30.9 Å². The molecular formula is C16H14N4O. The van der Waals surface area contributed by atoms with Crippen LogP contribution in [0.25, 0.3) is 11.0 Å². The SMILES string of the molecule is O=C(Nc1c[nH]c2ncccc12)N1Cc2ccccc2C1. The molecule has 3 aromatic rings. The average molecular weight is 278 g/mol. The summed E-state index contributed by atoms with van der Waals surface area (Å²) in [4.78, 5) is 21.5. The highest BCUT2D eigenvalue weighted by Crippen LogP contribution is 2.25. The monoisotopic (exact) mass is 278 g/mol. The van der Waals surface area contributed by atoms with Gasteiger partial charge in [-0.2, -0.15) is 0 Å². The van der Waals surface area contributed by atoms with Crippen LogP contribution in [0.5, 0.6) is 0 Å². The van der Waals surface area contributed by atoms with Gasteiger partial charge in [-0.25, -0.2) is 9.78 Å². The van der Waals surface area contributed by atoms with Crippen LogP contribution >= 0.6 is 0 Å². The van der Waals surface area contributed by atoms with Crippen molar-refractivity contribution in [2.75, 3.05) is 5.32 Å². The van der Waals surface area contributed by atoms with Crippen molar-refractivity contribution < 1.29 is 4.79 Å². The van der Waals surface area contributed by atoms with E-state index in [1.165, 1.54) is 11.1 Å². The van der Waals surface area contributed by atoms with Gasteiger partial charge in [0.05, 0.1) is 5.69 Å². The summed E-state index contributed by atoms with van der Waals surface area (Å²) in [7, 11) is 0. The number of pyridine rings is 1. The maximum atomic E-state index is 12.4. The lowest BCUT2D eigenvalue weighted by molar-refractivity contribution is 0.212. The fourth-order valence-electron chi connectivity index (χ4n) is 2.73. The molecule has 5 nitrogen and oxygen atoms in total. The van der Waals surface area contributed by atoms with Gasteiger partial charge in [-0.15, -0.1) is 0 Å². The second kappa shape index (κ2) is 4.63. The van der Waals surface area contributed by atoms with E-state index in [1.54, 1.807) is 17.3 Å². The van der Waals surface area contributed by atoms with Crippen molar-refractivity contribution in [3.05, 3.63) is 59.9 Å². The zero-order chi connectivity index (χ0) is 14.2. The van der Waals surface area contributed by atoms with Crippen molar-refractivity contribution in [3.8, 4) is 0 Å². The summed E-state index contributed by atoms with van der Waals surface area (Å²) in [5, 5.41) is 3.88. The molecule has 104 valence electrons. The number of carbonyl (C=O) groups excluding carboxylic acids is 1. The van der Waals surface area contributed by atoms with Crippen LogP contribution in [-0.2, 0) is 13.1 Å². The quantitative estimate of drug-likeness (QED) is 0.718. The summed E-state index contributed by atoms with van der Waals surface area (Å²) < 4.78 is 0. The number of aromatic nitrogens is 2. The van der Waals surface area contributed by atoms with Crippen LogP contribution < -0.4 is 5.32 Å². The summed E-state index contributed by atoms with van der Waals surface area (Å²) in [6.45, 7) is 1.31. The lowest BCUT2D eigenvalue weighted by atomic mass is 10.1.